The van der Waals surface area contributed by atoms with Crippen LogP contribution in [0.2, 0.25) is 0 Å². The fourth-order valence-electron chi connectivity index (χ4n) is 1.36. The molecule has 21 heavy (non-hydrogen) atoms. The van der Waals surface area contributed by atoms with Gasteiger partial charge in [-0.25, -0.2) is 4.57 Å². The fourth-order valence-corrected chi connectivity index (χ4v) is 4.84. The number of phosphoric acid groups is 1. The van der Waals surface area contributed by atoms with Crippen molar-refractivity contribution in [3.8, 4) is 0 Å². The fraction of sp³-hybridized carbons (Fsp3) is 1.00. The SMILES string of the molecule is CCCOP(=O)(OCCC)OCP1(=O)OCC(C)(C)CO1. The zero-order valence-electron chi connectivity index (χ0n) is 13.2. The van der Waals surface area contributed by atoms with Crippen LogP contribution in [0, 0.1) is 5.41 Å². The second-order valence-corrected chi connectivity index (χ2v) is 9.36. The van der Waals surface area contributed by atoms with Gasteiger partial charge in [-0.2, -0.15) is 0 Å². The second kappa shape index (κ2) is 8.21. The quantitative estimate of drug-likeness (QED) is 0.580. The molecule has 1 fully saturated rings. The van der Waals surface area contributed by atoms with Crippen LogP contribution in [0.15, 0.2) is 0 Å². The third-order valence-electron chi connectivity index (χ3n) is 2.58. The molecule has 0 spiro atoms. The Hall–Kier alpha value is 0.260. The van der Waals surface area contributed by atoms with Crippen molar-refractivity contribution >= 4 is 15.4 Å². The van der Waals surface area contributed by atoms with Gasteiger partial charge in [0.15, 0.2) is 6.35 Å². The normalized spacial score (nSPS) is 21.3. The predicted molar refractivity (Wildman–Crippen MR) is 79.3 cm³/mol. The highest BCUT2D eigenvalue weighted by molar-refractivity contribution is 7.55. The van der Waals surface area contributed by atoms with E-state index in [0.29, 0.717) is 26.1 Å². The Labute approximate surface area is 126 Å². The molecular weight excluding hydrogens is 318 g/mol. The summed E-state index contributed by atoms with van der Waals surface area (Å²) in [5, 5.41) is 0. The molecule has 0 amide bonds. The first-order valence-corrected chi connectivity index (χ1v) is 10.3. The summed E-state index contributed by atoms with van der Waals surface area (Å²) in [6, 6.07) is 0. The molecule has 1 saturated heterocycles. The number of hydrogen-bond donors (Lipinski definition) is 0. The molecule has 1 aliphatic heterocycles. The van der Waals surface area contributed by atoms with Crippen molar-refractivity contribution in [3.63, 3.8) is 0 Å². The Bertz CT molecular complexity index is 384. The average Bonchev–Trinajstić information content (AvgIpc) is 2.45. The van der Waals surface area contributed by atoms with E-state index in [1.54, 1.807) is 0 Å². The topological polar surface area (TPSA) is 80.3 Å². The maximum Gasteiger partial charge on any atom is 0.475 e. The van der Waals surface area contributed by atoms with Gasteiger partial charge < -0.3 is 9.05 Å². The summed E-state index contributed by atoms with van der Waals surface area (Å²) in [7, 11) is -7.13. The standard InChI is InChI=1S/C12H26O7P2/c1-5-7-15-21(14,16-8-6-2)19-11-20(13)17-9-12(3,4)10-18-20/h5-11H2,1-4H3. The minimum absolute atomic E-state index is 0.199. The molecule has 0 saturated carbocycles. The van der Waals surface area contributed by atoms with Crippen LogP contribution in [0.3, 0.4) is 0 Å². The molecule has 1 rings (SSSR count). The predicted octanol–water partition coefficient (Wildman–Crippen LogP) is 4.19. The summed E-state index contributed by atoms with van der Waals surface area (Å²) in [6.07, 6.45) is 0.900. The summed E-state index contributed by atoms with van der Waals surface area (Å²) in [5.41, 5.74) is -0.199. The van der Waals surface area contributed by atoms with Crippen molar-refractivity contribution in [3.05, 3.63) is 0 Å². The lowest BCUT2D eigenvalue weighted by atomic mass is 9.97. The summed E-state index contributed by atoms with van der Waals surface area (Å²) < 4.78 is 50.6. The van der Waals surface area contributed by atoms with Gasteiger partial charge in [0.1, 0.15) is 0 Å². The van der Waals surface area contributed by atoms with Crippen LogP contribution in [0.5, 0.6) is 0 Å². The molecular formula is C12H26O7P2. The van der Waals surface area contributed by atoms with Gasteiger partial charge >= 0.3 is 15.4 Å². The Balaban J connectivity index is 2.56. The van der Waals surface area contributed by atoms with E-state index < -0.39 is 21.8 Å². The van der Waals surface area contributed by atoms with Crippen LogP contribution in [0.4, 0.5) is 0 Å². The van der Waals surface area contributed by atoms with Gasteiger partial charge in [0.2, 0.25) is 0 Å². The first kappa shape index (κ1) is 19.3. The number of phosphoric ester groups is 1. The lowest BCUT2D eigenvalue weighted by Crippen LogP contribution is -2.30. The summed E-state index contributed by atoms with van der Waals surface area (Å²) in [5.74, 6) is 0. The minimum Gasteiger partial charge on any atom is -0.306 e. The van der Waals surface area contributed by atoms with E-state index in [1.165, 1.54) is 0 Å². The molecule has 9 heteroatoms. The lowest BCUT2D eigenvalue weighted by molar-refractivity contribution is 0.0313. The van der Waals surface area contributed by atoms with Crippen LogP contribution < -0.4 is 0 Å². The molecule has 1 heterocycles. The highest BCUT2D eigenvalue weighted by atomic mass is 31.2. The van der Waals surface area contributed by atoms with Gasteiger partial charge in [-0.05, 0) is 12.8 Å². The van der Waals surface area contributed by atoms with E-state index in [2.05, 4.69) is 0 Å². The molecule has 0 radical (unpaired) electrons. The molecule has 0 bridgehead atoms. The largest absolute Gasteiger partial charge is 0.475 e. The molecule has 0 aromatic heterocycles. The number of hydrogen-bond acceptors (Lipinski definition) is 7. The highest BCUT2D eigenvalue weighted by Gasteiger charge is 2.39. The molecule has 0 aromatic carbocycles. The first-order chi connectivity index (χ1) is 9.74. The Morgan fingerprint density at radius 3 is 1.95 bits per heavy atom. The van der Waals surface area contributed by atoms with Crippen molar-refractivity contribution in [2.45, 2.75) is 40.5 Å². The van der Waals surface area contributed by atoms with E-state index in [9.17, 15) is 9.13 Å². The van der Waals surface area contributed by atoms with E-state index >= 15 is 0 Å². The van der Waals surface area contributed by atoms with Gasteiger partial charge in [0.05, 0.1) is 26.4 Å². The van der Waals surface area contributed by atoms with Crippen LogP contribution in [0.1, 0.15) is 40.5 Å². The van der Waals surface area contributed by atoms with Crippen molar-refractivity contribution in [1.82, 2.24) is 0 Å². The van der Waals surface area contributed by atoms with E-state index in [1.807, 2.05) is 27.7 Å². The summed E-state index contributed by atoms with van der Waals surface area (Å²) >= 11 is 0. The van der Waals surface area contributed by atoms with Crippen LogP contribution in [-0.2, 0) is 31.7 Å². The van der Waals surface area contributed by atoms with Crippen molar-refractivity contribution in [2.24, 2.45) is 5.41 Å². The Kier molecular flexibility index (Phi) is 7.55. The number of rotatable bonds is 9. The Morgan fingerprint density at radius 2 is 1.52 bits per heavy atom. The van der Waals surface area contributed by atoms with E-state index in [4.69, 9.17) is 22.6 Å². The molecule has 0 aliphatic carbocycles. The van der Waals surface area contributed by atoms with E-state index in [-0.39, 0.29) is 18.6 Å². The third-order valence-corrected chi connectivity index (χ3v) is 5.72. The van der Waals surface area contributed by atoms with Crippen molar-refractivity contribution in [1.29, 1.82) is 0 Å². The van der Waals surface area contributed by atoms with Gasteiger partial charge in [-0.1, -0.05) is 27.7 Å². The zero-order valence-corrected chi connectivity index (χ0v) is 15.0. The lowest BCUT2D eigenvalue weighted by Gasteiger charge is -2.34. The van der Waals surface area contributed by atoms with Crippen LogP contribution in [-0.4, -0.2) is 32.8 Å². The maximum absolute atomic E-state index is 12.3. The van der Waals surface area contributed by atoms with Crippen molar-refractivity contribution in [2.75, 3.05) is 32.8 Å². The summed E-state index contributed by atoms with van der Waals surface area (Å²) in [6.45, 7) is 8.70. The minimum atomic E-state index is -3.73. The molecule has 1 aliphatic rings. The highest BCUT2D eigenvalue weighted by Crippen LogP contribution is 2.59. The Morgan fingerprint density at radius 1 is 1.05 bits per heavy atom. The third kappa shape index (κ3) is 6.91. The molecule has 0 unspecified atom stereocenters. The van der Waals surface area contributed by atoms with Gasteiger partial charge in [-0.15, -0.1) is 0 Å². The smallest absolute Gasteiger partial charge is 0.306 e. The summed E-state index contributed by atoms with van der Waals surface area (Å²) in [4.78, 5) is 0. The van der Waals surface area contributed by atoms with Crippen molar-refractivity contribution < 1.29 is 31.7 Å². The monoisotopic (exact) mass is 344 g/mol. The average molecular weight is 344 g/mol. The molecule has 0 N–H and O–H groups in total. The zero-order chi connectivity index (χ0) is 16.0. The van der Waals surface area contributed by atoms with Crippen LogP contribution >= 0.6 is 15.4 Å². The van der Waals surface area contributed by atoms with Gasteiger partial charge in [0.25, 0.3) is 0 Å². The molecule has 0 aromatic rings. The van der Waals surface area contributed by atoms with E-state index in [0.717, 1.165) is 0 Å². The second-order valence-electron chi connectivity index (χ2n) is 5.69. The van der Waals surface area contributed by atoms with Crippen LogP contribution in [0.25, 0.3) is 0 Å². The molecule has 0 atom stereocenters. The maximum atomic E-state index is 12.3. The van der Waals surface area contributed by atoms with Gasteiger partial charge in [-0.3, -0.25) is 18.1 Å². The van der Waals surface area contributed by atoms with Gasteiger partial charge in [0, 0.05) is 5.41 Å². The molecule has 126 valence electrons. The first-order valence-electron chi connectivity index (χ1n) is 7.16. The molecule has 7 nitrogen and oxygen atoms in total.